The van der Waals surface area contributed by atoms with Crippen molar-refractivity contribution in [2.24, 2.45) is 0 Å². The fraction of sp³-hybridized carbons (Fsp3) is 0.150. The van der Waals surface area contributed by atoms with Crippen molar-refractivity contribution in [3.63, 3.8) is 0 Å². The number of nitrogens with zero attached hydrogens (tertiary/aromatic N) is 1. The van der Waals surface area contributed by atoms with Gasteiger partial charge in [-0.3, -0.25) is 9.59 Å². The summed E-state index contributed by atoms with van der Waals surface area (Å²) in [5.74, 6) is -0.933. The molecule has 0 amide bonds. The van der Waals surface area contributed by atoms with E-state index >= 15 is 0 Å². The second kappa shape index (κ2) is 7.14. The summed E-state index contributed by atoms with van der Waals surface area (Å²) in [6.45, 7) is 3.36. The van der Waals surface area contributed by atoms with E-state index < -0.39 is 5.97 Å². The number of halogens is 1. The third-order valence-electron chi connectivity index (χ3n) is 4.01. The van der Waals surface area contributed by atoms with Crippen LogP contribution in [0.4, 0.5) is 0 Å². The van der Waals surface area contributed by atoms with Crippen molar-refractivity contribution in [2.45, 2.75) is 13.8 Å². The van der Waals surface area contributed by atoms with E-state index in [1.807, 2.05) is 0 Å². The highest BCUT2D eigenvalue weighted by molar-refractivity contribution is 6.30. The van der Waals surface area contributed by atoms with Crippen LogP contribution in [-0.2, 0) is 4.74 Å². The number of carbonyl (C=O) groups is 3. The van der Waals surface area contributed by atoms with Crippen LogP contribution >= 0.6 is 11.6 Å². The molecule has 132 valence electrons. The Bertz CT molecular complexity index is 1020. The molecular formula is C20H16ClNO4. The zero-order chi connectivity index (χ0) is 18.8. The molecule has 0 unspecified atom stereocenters. The van der Waals surface area contributed by atoms with Gasteiger partial charge < -0.3 is 9.14 Å². The largest absolute Gasteiger partial charge is 0.462 e. The summed E-state index contributed by atoms with van der Waals surface area (Å²) in [5.41, 5.74) is 1.90. The van der Waals surface area contributed by atoms with Gasteiger partial charge in [0.15, 0.2) is 5.78 Å². The molecule has 0 saturated carbocycles. The molecule has 2 aromatic heterocycles. The minimum atomic E-state index is -0.541. The summed E-state index contributed by atoms with van der Waals surface area (Å²) in [4.78, 5) is 36.9. The van der Waals surface area contributed by atoms with Crippen molar-refractivity contribution in [1.29, 1.82) is 0 Å². The first-order chi connectivity index (χ1) is 12.4. The van der Waals surface area contributed by atoms with Gasteiger partial charge in [-0.05, 0) is 56.3 Å². The maximum absolute atomic E-state index is 12.9. The second-order valence-corrected chi connectivity index (χ2v) is 6.16. The van der Waals surface area contributed by atoms with E-state index in [-0.39, 0.29) is 23.7 Å². The van der Waals surface area contributed by atoms with Gasteiger partial charge in [0.2, 0.25) is 5.78 Å². The number of ketones is 2. The molecule has 0 bridgehead atoms. The average molecular weight is 370 g/mol. The summed E-state index contributed by atoms with van der Waals surface area (Å²) in [7, 11) is 0. The molecule has 0 fully saturated rings. The summed E-state index contributed by atoms with van der Waals surface area (Å²) in [6, 6.07) is 11.2. The van der Waals surface area contributed by atoms with E-state index in [2.05, 4.69) is 0 Å². The first-order valence-corrected chi connectivity index (χ1v) is 8.43. The molecule has 0 aliphatic rings. The Kier molecular flexibility index (Phi) is 4.91. The van der Waals surface area contributed by atoms with Gasteiger partial charge >= 0.3 is 5.97 Å². The van der Waals surface area contributed by atoms with Gasteiger partial charge in [0, 0.05) is 22.3 Å². The Hall–Kier alpha value is -2.92. The Morgan fingerprint density at radius 1 is 1.04 bits per heavy atom. The van der Waals surface area contributed by atoms with Crippen molar-refractivity contribution in [3.8, 4) is 0 Å². The molecule has 26 heavy (non-hydrogen) atoms. The van der Waals surface area contributed by atoms with Crippen LogP contribution in [0.3, 0.4) is 0 Å². The van der Waals surface area contributed by atoms with Gasteiger partial charge in [-0.2, -0.15) is 0 Å². The molecule has 6 heteroatoms. The lowest BCUT2D eigenvalue weighted by molar-refractivity contribution is 0.0528. The number of pyridine rings is 1. The van der Waals surface area contributed by atoms with Crippen LogP contribution in [0, 0.1) is 0 Å². The van der Waals surface area contributed by atoms with Crippen LogP contribution in [0.15, 0.2) is 48.7 Å². The smallest absolute Gasteiger partial charge is 0.340 e. The van der Waals surface area contributed by atoms with Crippen LogP contribution in [0.25, 0.3) is 5.52 Å². The molecule has 0 N–H and O–H groups in total. The lowest BCUT2D eigenvalue weighted by Gasteiger charge is -2.05. The first kappa shape index (κ1) is 17.9. The number of hydrogen-bond acceptors (Lipinski definition) is 4. The van der Waals surface area contributed by atoms with Crippen molar-refractivity contribution >= 4 is 34.7 Å². The van der Waals surface area contributed by atoms with Crippen LogP contribution in [0.1, 0.15) is 50.6 Å². The predicted molar refractivity (Wildman–Crippen MR) is 98.2 cm³/mol. The van der Waals surface area contributed by atoms with Crippen molar-refractivity contribution in [3.05, 3.63) is 76.1 Å². The summed E-state index contributed by atoms with van der Waals surface area (Å²) in [5, 5.41) is 0.528. The fourth-order valence-corrected chi connectivity index (χ4v) is 2.84. The maximum atomic E-state index is 12.9. The average Bonchev–Trinajstić information content (AvgIpc) is 3.00. The molecule has 2 heterocycles. The molecule has 0 spiro atoms. The molecule has 0 aliphatic carbocycles. The van der Waals surface area contributed by atoms with Gasteiger partial charge in [-0.1, -0.05) is 11.6 Å². The molecule has 3 rings (SSSR count). The number of benzene rings is 1. The van der Waals surface area contributed by atoms with Crippen molar-refractivity contribution in [1.82, 2.24) is 4.40 Å². The number of ether oxygens (including phenoxy) is 1. The summed E-state index contributed by atoms with van der Waals surface area (Å²) >= 11 is 5.88. The summed E-state index contributed by atoms with van der Waals surface area (Å²) < 4.78 is 6.68. The molecule has 0 aliphatic heterocycles. The Labute approximate surface area is 155 Å². The van der Waals surface area contributed by atoms with Crippen molar-refractivity contribution < 1.29 is 19.1 Å². The predicted octanol–water partition coefficient (Wildman–Crippen LogP) is 4.20. The molecule has 5 nitrogen and oxygen atoms in total. The highest BCUT2D eigenvalue weighted by Gasteiger charge is 2.22. The Morgan fingerprint density at radius 2 is 1.73 bits per heavy atom. The van der Waals surface area contributed by atoms with Gasteiger partial charge in [0.25, 0.3) is 0 Å². The maximum Gasteiger partial charge on any atom is 0.340 e. The monoisotopic (exact) mass is 369 g/mol. The van der Waals surface area contributed by atoms with E-state index in [0.717, 1.165) is 0 Å². The normalized spacial score (nSPS) is 10.7. The molecule has 1 aromatic carbocycles. The minimum absolute atomic E-state index is 0.130. The zero-order valence-corrected chi connectivity index (χ0v) is 15.0. The summed E-state index contributed by atoms with van der Waals surface area (Å²) in [6.07, 6.45) is 1.61. The van der Waals surface area contributed by atoms with E-state index in [1.165, 1.54) is 13.0 Å². The molecule has 0 saturated heterocycles. The van der Waals surface area contributed by atoms with Crippen LogP contribution < -0.4 is 0 Å². The standard InChI is InChI=1S/C20H16ClNO4/c1-3-26-20(25)16-11-18(19(24)13-4-6-15(21)7-5-13)22-9-8-14(12(2)23)10-17(16)22/h4-11H,3H2,1-2H3. The van der Waals surface area contributed by atoms with Crippen LogP contribution in [-0.4, -0.2) is 28.5 Å². The number of esters is 1. The fourth-order valence-electron chi connectivity index (χ4n) is 2.71. The number of carbonyl (C=O) groups excluding carboxylic acids is 3. The van der Waals surface area contributed by atoms with E-state index in [0.29, 0.717) is 27.4 Å². The lowest BCUT2D eigenvalue weighted by Crippen LogP contribution is -2.05. The molecule has 3 aromatic rings. The Balaban J connectivity index is 2.19. The van der Waals surface area contributed by atoms with E-state index in [9.17, 15) is 14.4 Å². The van der Waals surface area contributed by atoms with Gasteiger partial charge in [0.05, 0.1) is 23.4 Å². The van der Waals surface area contributed by atoms with Gasteiger partial charge in [-0.25, -0.2) is 4.79 Å². The Morgan fingerprint density at radius 3 is 2.35 bits per heavy atom. The van der Waals surface area contributed by atoms with E-state index in [1.54, 1.807) is 53.9 Å². The van der Waals surface area contributed by atoms with Gasteiger partial charge in [-0.15, -0.1) is 0 Å². The molecular weight excluding hydrogens is 354 g/mol. The van der Waals surface area contributed by atoms with E-state index in [4.69, 9.17) is 16.3 Å². The SMILES string of the molecule is CCOC(=O)c1cc(C(=O)c2ccc(Cl)cc2)n2ccc(C(C)=O)cc12. The number of rotatable bonds is 5. The van der Waals surface area contributed by atoms with Crippen LogP contribution in [0.5, 0.6) is 0 Å². The van der Waals surface area contributed by atoms with Gasteiger partial charge in [0.1, 0.15) is 0 Å². The quantitative estimate of drug-likeness (QED) is 0.499. The lowest BCUT2D eigenvalue weighted by atomic mass is 10.1. The highest BCUT2D eigenvalue weighted by atomic mass is 35.5. The number of fused-ring (bicyclic) bond motifs is 1. The number of aromatic nitrogens is 1. The topological polar surface area (TPSA) is 64.8 Å². The van der Waals surface area contributed by atoms with Crippen LogP contribution in [0.2, 0.25) is 5.02 Å². The highest BCUT2D eigenvalue weighted by Crippen LogP contribution is 2.23. The first-order valence-electron chi connectivity index (χ1n) is 8.05. The molecule has 0 radical (unpaired) electrons. The number of hydrogen-bond donors (Lipinski definition) is 0. The second-order valence-electron chi connectivity index (χ2n) is 5.73. The minimum Gasteiger partial charge on any atom is -0.462 e. The van der Waals surface area contributed by atoms with Crippen molar-refractivity contribution in [2.75, 3.05) is 6.61 Å². The molecule has 0 atom stereocenters. The third kappa shape index (κ3) is 3.26. The number of Topliss-reactive ketones (excluding diaryl/α,β-unsaturated/α-hetero) is 1. The zero-order valence-electron chi connectivity index (χ0n) is 14.3. The third-order valence-corrected chi connectivity index (χ3v) is 4.26.